The molecule has 1 N–H and O–H groups in total. The van der Waals surface area contributed by atoms with Crippen molar-refractivity contribution in [3.05, 3.63) is 95.1 Å². The van der Waals surface area contributed by atoms with Gasteiger partial charge < -0.3 is 14.6 Å². The lowest BCUT2D eigenvalue weighted by Crippen LogP contribution is -2.23. The Morgan fingerprint density at radius 2 is 1.82 bits per heavy atom. The number of rotatable bonds is 6. The summed E-state index contributed by atoms with van der Waals surface area (Å²) in [4.78, 5) is 11.2. The van der Waals surface area contributed by atoms with E-state index in [-0.39, 0.29) is 0 Å². The van der Waals surface area contributed by atoms with Crippen LogP contribution in [0, 0.1) is 5.92 Å². The van der Waals surface area contributed by atoms with Gasteiger partial charge in [0, 0.05) is 5.92 Å². The zero-order chi connectivity index (χ0) is 19.3. The van der Waals surface area contributed by atoms with Crippen LogP contribution in [0.15, 0.2) is 72.8 Å². The highest BCUT2D eigenvalue weighted by atomic mass is 16.5. The maximum atomic E-state index is 11.2. The molecular weight excluding hydrogens is 352 g/mol. The van der Waals surface area contributed by atoms with Crippen LogP contribution in [0.4, 0.5) is 0 Å². The molecule has 0 radical (unpaired) electrons. The lowest BCUT2D eigenvalue weighted by Gasteiger charge is -2.26. The van der Waals surface area contributed by atoms with Gasteiger partial charge in [0.05, 0.1) is 12.2 Å². The van der Waals surface area contributed by atoms with E-state index in [0.717, 1.165) is 41.0 Å². The van der Waals surface area contributed by atoms with Gasteiger partial charge >= 0.3 is 5.97 Å². The molecule has 0 amide bonds. The predicted octanol–water partition coefficient (Wildman–Crippen LogP) is 4.76. The number of carbonyl (C=O) groups is 1. The number of benzene rings is 3. The molecule has 3 aromatic rings. The van der Waals surface area contributed by atoms with Gasteiger partial charge in [-0.05, 0) is 59.9 Å². The first-order valence-corrected chi connectivity index (χ1v) is 9.42. The Bertz CT molecular complexity index is 965. The van der Waals surface area contributed by atoms with Crippen LogP contribution in [-0.2, 0) is 19.4 Å². The molecule has 142 valence electrons. The van der Waals surface area contributed by atoms with Crippen molar-refractivity contribution < 1.29 is 19.4 Å². The molecule has 0 saturated carbocycles. The van der Waals surface area contributed by atoms with Crippen molar-refractivity contribution in [3.8, 4) is 11.5 Å². The zero-order valence-corrected chi connectivity index (χ0v) is 15.5. The van der Waals surface area contributed by atoms with E-state index < -0.39 is 5.97 Å². The van der Waals surface area contributed by atoms with Gasteiger partial charge in [-0.25, -0.2) is 4.79 Å². The monoisotopic (exact) mass is 374 g/mol. The normalized spacial score (nSPS) is 15.4. The molecule has 3 aromatic carbocycles. The molecule has 0 aromatic heterocycles. The van der Waals surface area contributed by atoms with Gasteiger partial charge in [-0.1, -0.05) is 42.5 Å². The molecule has 4 rings (SSSR count). The van der Waals surface area contributed by atoms with Crippen LogP contribution in [0.5, 0.6) is 11.5 Å². The number of fused-ring (bicyclic) bond motifs is 1. The molecule has 0 bridgehead atoms. The number of carboxylic acid groups (broad SMARTS) is 1. The Balaban J connectivity index is 1.42. The van der Waals surface area contributed by atoms with Crippen LogP contribution in [0.3, 0.4) is 0 Å². The van der Waals surface area contributed by atoms with Crippen molar-refractivity contribution in [2.45, 2.75) is 19.4 Å². The lowest BCUT2D eigenvalue weighted by molar-refractivity contribution is 0.0696. The number of carboxylic acids is 1. The first-order valence-electron chi connectivity index (χ1n) is 9.42. The first kappa shape index (κ1) is 18.1. The van der Waals surface area contributed by atoms with Gasteiger partial charge in [-0.15, -0.1) is 0 Å². The molecule has 28 heavy (non-hydrogen) atoms. The Hall–Kier alpha value is -3.27. The van der Waals surface area contributed by atoms with E-state index in [9.17, 15) is 9.90 Å². The van der Waals surface area contributed by atoms with Crippen LogP contribution in [0.25, 0.3) is 0 Å². The van der Waals surface area contributed by atoms with E-state index in [2.05, 4.69) is 6.07 Å². The molecule has 4 heteroatoms. The number of aromatic carboxylic acids is 1. The van der Waals surface area contributed by atoms with Gasteiger partial charge in [0.15, 0.2) is 0 Å². The third kappa shape index (κ3) is 4.34. The second-order valence-electron chi connectivity index (χ2n) is 7.13. The Morgan fingerprint density at radius 1 is 1.00 bits per heavy atom. The van der Waals surface area contributed by atoms with Crippen molar-refractivity contribution in [1.29, 1.82) is 0 Å². The molecule has 1 aliphatic rings. The first-order chi connectivity index (χ1) is 13.7. The maximum Gasteiger partial charge on any atom is 0.335 e. The van der Waals surface area contributed by atoms with Gasteiger partial charge in [0.1, 0.15) is 18.1 Å². The molecule has 0 aliphatic carbocycles. The zero-order valence-electron chi connectivity index (χ0n) is 15.5. The topological polar surface area (TPSA) is 55.8 Å². The maximum absolute atomic E-state index is 11.2. The molecule has 1 heterocycles. The van der Waals surface area contributed by atoms with Crippen LogP contribution in [0.2, 0.25) is 0 Å². The third-order valence-electron chi connectivity index (χ3n) is 4.96. The van der Waals surface area contributed by atoms with E-state index in [0.29, 0.717) is 24.7 Å². The summed E-state index contributed by atoms with van der Waals surface area (Å²) < 4.78 is 11.9. The van der Waals surface area contributed by atoms with Crippen LogP contribution in [-0.4, -0.2) is 17.7 Å². The highest BCUT2D eigenvalue weighted by Crippen LogP contribution is 2.32. The SMILES string of the molecule is O=C(O)c1cccc(CC2COc3ccc(OCc4ccccc4)cc3C2)c1. The fourth-order valence-corrected chi connectivity index (χ4v) is 3.56. The molecule has 0 spiro atoms. The average molecular weight is 374 g/mol. The predicted molar refractivity (Wildman–Crippen MR) is 107 cm³/mol. The highest BCUT2D eigenvalue weighted by Gasteiger charge is 2.21. The molecule has 0 fully saturated rings. The lowest BCUT2D eigenvalue weighted by atomic mass is 9.90. The summed E-state index contributed by atoms with van der Waals surface area (Å²) in [6.45, 7) is 1.17. The second kappa shape index (κ2) is 8.17. The van der Waals surface area contributed by atoms with Gasteiger partial charge in [-0.3, -0.25) is 0 Å². The molecule has 0 saturated heterocycles. The third-order valence-corrected chi connectivity index (χ3v) is 4.96. The Morgan fingerprint density at radius 3 is 2.64 bits per heavy atom. The van der Waals surface area contributed by atoms with Gasteiger partial charge in [-0.2, -0.15) is 0 Å². The molecule has 4 nitrogen and oxygen atoms in total. The van der Waals surface area contributed by atoms with E-state index in [1.165, 1.54) is 0 Å². The number of ether oxygens (including phenoxy) is 2. The van der Waals surface area contributed by atoms with E-state index in [1.807, 2.05) is 48.5 Å². The molecular formula is C24H22O4. The Labute approximate surface area is 164 Å². The summed E-state index contributed by atoms with van der Waals surface area (Å²) in [7, 11) is 0. The summed E-state index contributed by atoms with van der Waals surface area (Å²) >= 11 is 0. The minimum absolute atomic E-state index is 0.306. The largest absolute Gasteiger partial charge is 0.493 e. The highest BCUT2D eigenvalue weighted by molar-refractivity contribution is 5.87. The van der Waals surface area contributed by atoms with Crippen molar-refractivity contribution in [3.63, 3.8) is 0 Å². The minimum atomic E-state index is -0.896. The number of hydrogen-bond donors (Lipinski definition) is 1. The standard InChI is InChI=1S/C24H22O4/c25-24(26)20-8-4-7-18(12-20)11-19-13-21-14-22(9-10-23(21)28-16-19)27-15-17-5-2-1-3-6-17/h1-10,12,14,19H,11,13,15-16H2,(H,25,26). The summed E-state index contributed by atoms with van der Waals surface area (Å²) in [6.07, 6.45) is 1.67. The fraction of sp³-hybridized carbons (Fsp3) is 0.208. The van der Waals surface area contributed by atoms with E-state index in [4.69, 9.17) is 9.47 Å². The minimum Gasteiger partial charge on any atom is -0.493 e. The molecule has 1 atom stereocenters. The van der Waals surface area contributed by atoms with E-state index in [1.54, 1.807) is 18.2 Å². The molecule has 1 unspecified atom stereocenters. The van der Waals surface area contributed by atoms with Crippen LogP contribution < -0.4 is 9.47 Å². The fourth-order valence-electron chi connectivity index (χ4n) is 3.56. The Kier molecular flexibility index (Phi) is 5.29. The quantitative estimate of drug-likeness (QED) is 0.676. The second-order valence-corrected chi connectivity index (χ2v) is 7.13. The summed E-state index contributed by atoms with van der Waals surface area (Å²) in [5, 5.41) is 9.17. The van der Waals surface area contributed by atoms with Crippen LogP contribution in [0.1, 0.15) is 27.0 Å². The van der Waals surface area contributed by atoms with Crippen molar-refractivity contribution in [1.82, 2.24) is 0 Å². The summed E-state index contributed by atoms with van der Waals surface area (Å²) in [6, 6.07) is 23.2. The van der Waals surface area contributed by atoms with Crippen molar-refractivity contribution in [2.24, 2.45) is 5.92 Å². The summed E-state index contributed by atoms with van der Waals surface area (Å²) in [5.74, 6) is 1.15. The molecule has 1 aliphatic heterocycles. The summed E-state index contributed by atoms with van der Waals surface area (Å²) in [5.41, 5.74) is 3.61. The van der Waals surface area contributed by atoms with E-state index >= 15 is 0 Å². The van der Waals surface area contributed by atoms with Gasteiger partial charge in [0.25, 0.3) is 0 Å². The van der Waals surface area contributed by atoms with Crippen molar-refractivity contribution in [2.75, 3.05) is 6.61 Å². The van der Waals surface area contributed by atoms with Crippen LogP contribution >= 0.6 is 0 Å². The number of hydrogen-bond acceptors (Lipinski definition) is 3. The van der Waals surface area contributed by atoms with Gasteiger partial charge in [0.2, 0.25) is 0 Å². The van der Waals surface area contributed by atoms with Crippen molar-refractivity contribution >= 4 is 5.97 Å². The smallest absolute Gasteiger partial charge is 0.335 e. The average Bonchev–Trinajstić information content (AvgIpc) is 2.73.